The summed E-state index contributed by atoms with van der Waals surface area (Å²) in [6.07, 6.45) is 2.35. The summed E-state index contributed by atoms with van der Waals surface area (Å²) in [7, 11) is 0. The van der Waals surface area contributed by atoms with Crippen molar-refractivity contribution < 1.29 is 19.1 Å². The Morgan fingerprint density at radius 2 is 1.93 bits per heavy atom. The lowest BCUT2D eigenvalue weighted by Gasteiger charge is -2.34. The number of anilines is 1. The van der Waals surface area contributed by atoms with E-state index in [0.717, 1.165) is 12.8 Å². The third kappa shape index (κ3) is 4.61. The number of ether oxygens (including phenoxy) is 1. The molecule has 1 aromatic rings. The van der Waals surface area contributed by atoms with Crippen LogP contribution >= 0.6 is 11.6 Å². The number of rotatable bonds is 4. The van der Waals surface area contributed by atoms with E-state index >= 15 is 0 Å². The quantitative estimate of drug-likeness (QED) is 0.738. The van der Waals surface area contributed by atoms with Gasteiger partial charge < -0.3 is 14.5 Å². The first-order chi connectivity index (χ1) is 12.8. The van der Waals surface area contributed by atoms with Crippen LogP contribution < -0.4 is 4.90 Å². The van der Waals surface area contributed by atoms with Gasteiger partial charge in [0.2, 0.25) is 5.91 Å². The summed E-state index contributed by atoms with van der Waals surface area (Å²) >= 11 is 6.20. The molecule has 0 bridgehead atoms. The number of carbonyl (C=O) groups is 3. The molecule has 2 heterocycles. The van der Waals surface area contributed by atoms with E-state index in [1.807, 2.05) is 0 Å². The van der Waals surface area contributed by atoms with Crippen LogP contribution in [0.5, 0.6) is 0 Å². The van der Waals surface area contributed by atoms with E-state index in [1.165, 1.54) is 0 Å². The first-order valence-corrected chi connectivity index (χ1v) is 9.77. The number of amides is 2. The average Bonchev–Trinajstić information content (AvgIpc) is 3.04. The number of likely N-dealkylation sites (tertiary alicyclic amines) is 1. The lowest BCUT2D eigenvalue weighted by atomic mass is 9.92. The molecule has 146 valence electrons. The number of esters is 1. The highest BCUT2D eigenvalue weighted by molar-refractivity contribution is 6.34. The Morgan fingerprint density at radius 3 is 2.56 bits per heavy atom. The largest absolute Gasteiger partial charge is 0.452 e. The summed E-state index contributed by atoms with van der Waals surface area (Å²) in [5.74, 6) is 0.123. The molecule has 2 atom stereocenters. The summed E-state index contributed by atoms with van der Waals surface area (Å²) in [4.78, 5) is 40.1. The number of hydrogen-bond acceptors (Lipinski definition) is 4. The molecule has 0 spiro atoms. The molecule has 0 saturated carbocycles. The SMILES string of the molecule is C[C@H]1C[C@H](C)CN(C(=O)COC(=O)c2ccc(Cl)c(N3CCCC3=O)c2)C1. The molecule has 2 aliphatic heterocycles. The van der Waals surface area contributed by atoms with Crippen LogP contribution in [-0.4, -0.2) is 48.9 Å². The van der Waals surface area contributed by atoms with Crippen molar-refractivity contribution in [1.82, 2.24) is 4.90 Å². The first kappa shape index (κ1) is 19.7. The van der Waals surface area contributed by atoms with Crippen LogP contribution in [0.1, 0.15) is 43.5 Å². The van der Waals surface area contributed by atoms with Gasteiger partial charge in [-0.3, -0.25) is 9.59 Å². The molecule has 2 saturated heterocycles. The lowest BCUT2D eigenvalue weighted by molar-refractivity contribution is -0.137. The molecule has 2 aliphatic rings. The van der Waals surface area contributed by atoms with Crippen LogP contribution in [0.4, 0.5) is 5.69 Å². The molecule has 6 nitrogen and oxygen atoms in total. The average molecular weight is 393 g/mol. The van der Waals surface area contributed by atoms with Crippen molar-refractivity contribution in [1.29, 1.82) is 0 Å². The maximum absolute atomic E-state index is 12.4. The predicted molar refractivity (Wildman–Crippen MR) is 103 cm³/mol. The molecule has 0 unspecified atom stereocenters. The van der Waals surface area contributed by atoms with E-state index in [9.17, 15) is 14.4 Å². The Kier molecular flexibility index (Phi) is 6.05. The Morgan fingerprint density at radius 1 is 1.22 bits per heavy atom. The van der Waals surface area contributed by atoms with Crippen molar-refractivity contribution in [2.45, 2.75) is 33.1 Å². The molecule has 3 rings (SSSR count). The fourth-order valence-electron chi connectivity index (χ4n) is 3.92. The molecular weight excluding hydrogens is 368 g/mol. The number of piperidine rings is 1. The van der Waals surface area contributed by atoms with Crippen molar-refractivity contribution in [3.8, 4) is 0 Å². The van der Waals surface area contributed by atoms with Crippen molar-refractivity contribution in [2.24, 2.45) is 11.8 Å². The van der Waals surface area contributed by atoms with Gasteiger partial charge in [0.25, 0.3) is 5.91 Å². The van der Waals surface area contributed by atoms with E-state index in [0.29, 0.717) is 48.6 Å². The third-order valence-corrected chi connectivity index (χ3v) is 5.41. The highest BCUT2D eigenvalue weighted by atomic mass is 35.5. The van der Waals surface area contributed by atoms with Crippen LogP contribution in [0, 0.1) is 11.8 Å². The molecule has 27 heavy (non-hydrogen) atoms. The van der Waals surface area contributed by atoms with Crippen molar-refractivity contribution in [3.63, 3.8) is 0 Å². The molecule has 0 aliphatic carbocycles. The van der Waals surface area contributed by atoms with E-state index in [-0.39, 0.29) is 24.0 Å². The van der Waals surface area contributed by atoms with Gasteiger partial charge in [-0.2, -0.15) is 0 Å². The van der Waals surface area contributed by atoms with Gasteiger partial charge in [0.05, 0.1) is 16.3 Å². The smallest absolute Gasteiger partial charge is 0.338 e. The fraction of sp³-hybridized carbons (Fsp3) is 0.550. The van der Waals surface area contributed by atoms with Crippen LogP contribution in [0.25, 0.3) is 0 Å². The van der Waals surface area contributed by atoms with Crippen molar-refractivity contribution in [2.75, 3.05) is 31.1 Å². The summed E-state index contributed by atoms with van der Waals surface area (Å²) < 4.78 is 5.22. The second kappa shape index (κ2) is 8.30. The number of hydrogen-bond donors (Lipinski definition) is 0. The van der Waals surface area contributed by atoms with Gasteiger partial charge in [-0.25, -0.2) is 4.79 Å². The summed E-state index contributed by atoms with van der Waals surface area (Å²) in [5, 5.41) is 0.411. The Bertz CT molecular complexity index is 741. The number of carbonyl (C=O) groups excluding carboxylic acids is 3. The Labute approximate surface area is 164 Å². The molecular formula is C20H25ClN2O4. The molecule has 0 radical (unpaired) electrons. The van der Waals surface area contributed by atoms with Gasteiger partial charge >= 0.3 is 5.97 Å². The zero-order valence-corrected chi connectivity index (χ0v) is 16.5. The van der Waals surface area contributed by atoms with Gasteiger partial charge in [-0.15, -0.1) is 0 Å². The molecule has 1 aromatic carbocycles. The third-order valence-electron chi connectivity index (χ3n) is 5.09. The summed E-state index contributed by atoms with van der Waals surface area (Å²) in [6, 6.07) is 4.68. The number of nitrogens with zero attached hydrogens (tertiary/aromatic N) is 2. The van der Waals surface area contributed by atoms with E-state index in [1.54, 1.807) is 28.0 Å². The van der Waals surface area contributed by atoms with Crippen LogP contribution in [0.15, 0.2) is 18.2 Å². The molecule has 0 N–H and O–H groups in total. The summed E-state index contributed by atoms with van der Waals surface area (Å²) in [5.41, 5.74) is 0.793. The van der Waals surface area contributed by atoms with Crippen molar-refractivity contribution in [3.05, 3.63) is 28.8 Å². The minimum Gasteiger partial charge on any atom is -0.452 e. The number of benzene rings is 1. The Hall–Kier alpha value is -2.08. The highest BCUT2D eigenvalue weighted by Gasteiger charge is 2.27. The molecule has 2 amide bonds. The molecule has 2 fully saturated rings. The van der Waals surface area contributed by atoms with Crippen LogP contribution in [0.3, 0.4) is 0 Å². The van der Waals surface area contributed by atoms with E-state index in [4.69, 9.17) is 16.3 Å². The van der Waals surface area contributed by atoms with E-state index in [2.05, 4.69) is 13.8 Å². The van der Waals surface area contributed by atoms with Crippen LogP contribution in [-0.2, 0) is 14.3 Å². The summed E-state index contributed by atoms with van der Waals surface area (Å²) in [6.45, 7) is 5.94. The predicted octanol–water partition coefficient (Wildman–Crippen LogP) is 3.13. The van der Waals surface area contributed by atoms with E-state index < -0.39 is 5.97 Å². The Balaban J connectivity index is 1.63. The highest BCUT2D eigenvalue weighted by Crippen LogP contribution is 2.30. The maximum atomic E-state index is 12.4. The first-order valence-electron chi connectivity index (χ1n) is 9.40. The normalized spacial score (nSPS) is 22.9. The maximum Gasteiger partial charge on any atom is 0.338 e. The topological polar surface area (TPSA) is 66.9 Å². The van der Waals surface area contributed by atoms with Gasteiger partial charge in [-0.05, 0) is 42.9 Å². The van der Waals surface area contributed by atoms with Gasteiger partial charge in [0.1, 0.15) is 0 Å². The minimum atomic E-state index is -0.592. The molecule has 7 heteroatoms. The zero-order chi connectivity index (χ0) is 19.6. The number of halogens is 1. The molecule has 0 aromatic heterocycles. The monoisotopic (exact) mass is 392 g/mol. The lowest BCUT2D eigenvalue weighted by Crippen LogP contribution is -2.44. The van der Waals surface area contributed by atoms with Gasteiger partial charge in [0.15, 0.2) is 6.61 Å². The second-order valence-electron chi connectivity index (χ2n) is 7.64. The van der Waals surface area contributed by atoms with Gasteiger partial charge in [-0.1, -0.05) is 25.4 Å². The van der Waals surface area contributed by atoms with Crippen molar-refractivity contribution >= 4 is 35.1 Å². The van der Waals surface area contributed by atoms with Gasteiger partial charge in [0, 0.05) is 26.1 Å². The second-order valence-corrected chi connectivity index (χ2v) is 8.04. The minimum absolute atomic E-state index is 0.00840. The fourth-order valence-corrected chi connectivity index (χ4v) is 4.14. The van der Waals surface area contributed by atoms with Crippen LogP contribution in [0.2, 0.25) is 5.02 Å². The standard InChI is InChI=1S/C20H25ClN2O4/c1-13-8-14(2)11-22(10-13)19(25)12-27-20(26)15-5-6-16(21)17(9-15)23-7-3-4-18(23)24/h5-6,9,13-14H,3-4,7-8,10-12H2,1-2H3/t13-,14-/m0/s1. The zero-order valence-electron chi connectivity index (χ0n) is 15.7.